The highest BCUT2D eigenvalue weighted by atomic mass is 35.5. The Kier molecular flexibility index (Phi) is 3.25. The lowest BCUT2D eigenvalue weighted by molar-refractivity contribution is 0.222. The molecule has 1 fully saturated rings. The van der Waals surface area contributed by atoms with E-state index in [-0.39, 0.29) is 17.2 Å². The van der Waals surface area contributed by atoms with Gasteiger partial charge < -0.3 is 4.57 Å². The Hall–Kier alpha value is -1.09. The molecule has 102 valence electrons. The van der Waals surface area contributed by atoms with E-state index in [9.17, 15) is 4.39 Å². The molecule has 0 aliphatic heterocycles. The largest absolute Gasteiger partial charge is 0.321 e. The molecule has 2 atom stereocenters. The van der Waals surface area contributed by atoms with E-state index in [1.165, 1.54) is 25.3 Å². The highest BCUT2D eigenvalue weighted by Crippen LogP contribution is 2.40. The SMILES string of the molecule is CC(Cl)c1nc2cccc(F)c2n1C(C)C1CCC1. The molecule has 0 amide bonds. The van der Waals surface area contributed by atoms with Gasteiger partial charge in [0.2, 0.25) is 0 Å². The van der Waals surface area contributed by atoms with E-state index in [4.69, 9.17) is 11.6 Å². The van der Waals surface area contributed by atoms with Crippen molar-refractivity contribution in [2.45, 2.75) is 44.5 Å². The number of rotatable bonds is 3. The summed E-state index contributed by atoms with van der Waals surface area (Å²) in [5.41, 5.74) is 1.30. The van der Waals surface area contributed by atoms with Crippen LogP contribution >= 0.6 is 11.6 Å². The van der Waals surface area contributed by atoms with Crippen LogP contribution in [-0.4, -0.2) is 9.55 Å². The Morgan fingerprint density at radius 1 is 1.37 bits per heavy atom. The number of alkyl halides is 1. The van der Waals surface area contributed by atoms with E-state index >= 15 is 0 Å². The fraction of sp³-hybridized carbons (Fsp3) is 0.533. The number of imidazole rings is 1. The minimum absolute atomic E-state index is 0.209. The third-order valence-corrected chi connectivity index (χ3v) is 4.48. The summed E-state index contributed by atoms with van der Waals surface area (Å²) in [5, 5.41) is -0.214. The van der Waals surface area contributed by atoms with Crippen LogP contribution in [0.2, 0.25) is 0 Å². The van der Waals surface area contributed by atoms with Crippen molar-refractivity contribution in [1.29, 1.82) is 0 Å². The van der Waals surface area contributed by atoms with Crippen LogP contribution in [0.15, 0.2) is 18.2 Å². The zero-order valence-electron chi connectivity index (χ0n) is 11.2. The fourth-order valence-electron chi connectivity index (χ4n) is 2.95. The molecule has 0 spiro atoms. The van der Waals surface area contributed by atoms with Gasteiger partial charge in [-0.05, 0) is 44.7 Å². The second-order valence-corrected chi connectivity index (χ2v) is 6.15. The number of nitrogens with zero attached hydrogens (tertiary/aromatic N) is 2. The molecule has 0 saturated heterocycles. The smallest absolute Gasteiger partial charge is 0.149 e. The maximum absolute atomic E-state index is 14.2. The molecule has 2 unspecified atom stereocenters. The number of benzene rings is 1. The highest BCUT2D eigenvalue weighted by Gasteiger charge is 2.29. The first-order chi connectivity index (χ1) is 9.09. The molecule has 1 aliphatic rings. The zero-order valence-corrected chi connectivity index (χ0v) is 12.0. The van der Waals surface area contributed by atoms with Crippen molar-refractivity contribution >= 4 is 22.6 Å². The predicted octanol–water partition coefficient (Wildman–Crippen LogP) is 4.84. The van der Waals surface area contributed by atoms with E-state index in [0.29, 0.717) is 17.0 Å². The van der Waals surface area contributed by atoms with Gasteiger partial charge in [0.25, 0.3) is 0 Å². The molecule has 1 aromatic heterocycles. The Morgan fingerprint density at radius 2 is 2.11 bits per heavy atom. The molecular formula is C15H18ClFN2. The summed E-state index contributed by atoms with van der Waals surface area (Å²) in [7, 11) is 0. The summed E-state index contributed by atoms with van der Waals surface area (Å²) in [5.74, 6) is 1.19. The predicted molar refractivity (Wildman–Crippen MR) is 76.0 cm³/mol. The Balaban J connectivity index is 2.20. The fourth-order valence-corrected chi connectivity index (χ4v) is 3.10. The average molecular weight is 281 g/mol. The lowest BCUT2D eigenvalue weighted by Gasteiger charge is -2.33. The zero-order chi connectivity index (χ0) is 13.6. The van der Waals surface area contributed by atoms with E-state index in [0.717, 1.165) is 5.82 Å². The molecular weight excluding hydrogens is 263 g/mol. The van der Waals surface area contributed by atoms with E-state index in [2.05, 4.69) is 11.9 Å². The molecule has 4 heteroatoms. The van der Waals surface area contributed by atoms with Gasteiger partial charge in [-0.25, -0.2) is 9.37 Å². The number of hydrogen-bond donors (Lipinski definition) is 0. The molecule has 0 bridgehead atoms. The Morgan fingerprint density at radius 3 is 2.68 bits per heavy atom. The van der Waals surface area contributed by atoms with Crippen molar-refractivity contribution in [2.24, 2.45) is 5.92 Å². The van der Waals surface area contributed by atoms with Gasteiger partial charge in [0, 0.05) is 6.04 Å². The van der Waals surface area contributed by atoms with Crippen molar-refractivity contribution in [3.05, 3.63) is 29.8 Å². The van der Waals surface area contributed by atoms with Crippen LogP contribution in [0, 0.1) is 11.7 Å². The van der Waals surface area contributed by atoms with Crippen LogP contribution < -0.4 is 0 Å². The van der Waals surface area contributed by atoms with Crippen LogP contribution in [0.25, 0.3) is 11.0 Å². The molecule has 1 saturated carbocycles. The van der Waals surface area contributed by atoms with Crippen LogP contribution in [0.1, 0.15) is 50.4 Å². The lowest BCUT2D eigenvalue weighted by atomic mass is 9.80. The first-order valence-corrected chi connectivity index (χ1v) is 7.33. The van der Waals surface area contributed by atoms with Crippen LogP contribution in [0.4, 0.5) is 4.39 Å². The molecule has 1 heterocycles. The number of para-hydroxylation sites is 1. The van der Waals surface area contributed by atoms with Gasteiger partial charge in [0.1, 0.15) is 17.2 Å². The van der Waals surface area contributed by atoms with E-state index in [1.807, 2.05) is 17.6 Å². The number of aromatic nitrogens is 2. The van der Waals surface area contributed by atoms with Gasteiger partial charge in [0.15, 0.2) is 0 Å². The van der Waals surface area contributed by atoms with Crippen molar-refractivity contribution in [2.75, 3.05) is 0 Å². The highest BCUT2D eigenvalue weighted by molar-refractivity contribution is 6.20. The van der Waals surface area contributed by atoms with Crippen molar-refractivity contribution in [1.82, 2.24) is 9.55 Å². The summed E-state index contributed by atoms with van der Waals surface area (Å²) < 4.78 is 16.2. The third kappa shape index (κ3) is 2.04. The first kappa shape index (κ1) is 12.9. The number of hydrogen-bond acceptors (Lipinski definition) is 1. The Labute approximate surface area is 117 Å². The van der Waals surface area contributed by atoms with Gasteiger partial charge in [0.05, 0.1) is 10.9 Å². The second-order valence-electron chi connectivity index (χ2n) is 5.50. The first-order valence-electron chi connectivity index (χ1n) is 6.90. The summed E-state index contributed by atoms with van der Waals surface area (Å²) in [6.07, 6.45) is 3.70. The molecule has 19 heavy (non-hydrogen) atoms. The quantitative estimate of drug-likeness (QED) is 0.736. The standard InChI is InChI=1S/C15H18ClFN2/c1-9(16)15-18-13-8-4-7-12(17)14(13)19(15)10(2)11-5-3-6-11/h4,7-11H,3,5-6H2,1-2H3. The topological polar surface area (TPSA) is 17.8 Å². The van der Waals surface area contributed by atoms with E-state index in [1.54, 1.807) is 6.07 Å². The summed E-state index contributed by atoms with van der Waals surface area (Å²) in [6.45, 7) is 4.05. The third-order valence-electron chi connectivity index (χ3n) is 4.28. The lowest BCUT2D eigenvalue weighted by Crippen LogP contribution is -2.24. The van der Waals surface area contributed by atoms with Crippen LogP contribution in [0.5, 0.6) is 0 Å². The summed E-state index contributed by atoms with van der Waals surface area (Å²) in [6, 6.07) is 5.31. The molecule has 1 aliphatic carbocycles. The van der Waals surface area contributed by atoms with E-state index < -0.39 is 0 Å². The molecule has 1 aromatic carbocycles. The number of halogens is 2. The van der Waals surface area contributed by atoms with Crippen molar-refractivity contribution < 1.29 is 4.39 Å². The number of fused-ring (bicyclic) bond motifs is 1. The van der Waals surface area contributed by atoms with Gasteiger partial charge in [-0.15, -0.1) is 11.6 Å². The average Bonchev–Trinajstić information content (AvgIpc) is 2.67. The summed E-state index contributed by atoms with van der Waals surface area (Å²) in [4.78, 5) is 4.53. The van der Waals surface area contributed by atoms with Gasteiger partial charge in [-0.1, -0.05) is 12.5 Å². The van der Waals surface area contributed by atoms with Crippen molar-refractivity contribution in [3.63, 3.8) is 0 Å². The monoisotopic (exact) mass is 280 g/mol. The van der Waals surface area contributed by atoms with Crippen molar-refractivity contribution in [3.8, 4) is 0 Å². The molecule has 3 rings (SSSR count). The van der Waals surface area contributed by atoms with Crippen LogP contribution in [0.3, 0.4) is 0 Å². The van der Waals surface area contributed by atoms with Gasteiger partial charge in [-0.2, -0.15) is 0 Å². The molecule has 2 aromatic rings. The second kappa shape index (κ2) is 4.78. The molecule has 0 radical (unpaired) electrons. The molecule has 0 N–H and O–H groups in total. The normalized spacial score (nSPS) is 19.4. The summed E-state index contributed by atoms with van der Waals surface area (Å²) >= 11 is 6.24. The van der Waals surface area contributed by atoms with Crippen LogP contribution in [-0.2, 0) is 0 Å². The van der Waals surface area contributed by atoms with Gasteiger partial charge >= 0.3 is 0 Å². The maximum Gasteiger partial charge on any atom is 0.149 e. The minimum Gasteiger partial charge on any atom is -0.321 e. The van der Waals surface area contributed by atoms with Gasteiger partial charge in [-0.3, -0.25) is 0 Å². The molecule has 2 nitrogen and oxygen atoms in total. The maximum atomic E-state index is 14.2. The minimum atomic E-state index is -0.214. The Bertz CT molecular complexity index is 601.